The largest absolute Gasteiger partial charge is 0.469 e. The fraction of sp³-hybridized carbons (Fsp3) is 0.929. The summed E-state index contributed by atoms with van der Waals surface area (Å²) in [6.07, 6.45) is 13.2. The Bertz CT molecular complexity index is 725. The van der Waals surface area contributed by atoms with Gasteiger partial charge in [0, 0.05) is 13.0 Å². The van der Waals surface area contributed by atoms with Crippen molar-refractivity contribution in [1.29, 1.82) is 0 Å². The van der Waals surface area contributed by atoms with E-state index in [1.54, 1.807) is 0 Å². The number of hydrogen-bond donors (Lipinski definition) is 1. The average molecular weight is 462 g/mol. The van der Waals surface area contributed by atoms with Gasteiger partial charge in [-0.25, -0.2) is 0 Å². The second-order valence-corrected chi connectivity index (χ2v) is 12.4. The maximum atomic E-state index is 12.0. The standard InChI is InChI=1S/C28H47NO4/c1-18(5-10-25(30)32-4)22-8-9-23-21-7-6-19-17-20(33-26(31)13-16-29)11-14-27(19,2)24(21)12-15-28(22,23)3/h18-24H,5-17,29H2,1-4H3/t18-,19?,20-,21?,22?,23?,24?,27+,28-/m1/s1. The molecule has 33 heavy (non-hydrogen) atoms. The maximum Gasteiger partial charge on any atom is 0.307 e. The second kappa shape index (κ2) is 9.87. The Morgan fingerprint density at radius 1 is 0.939 bits per heavy atom. The topological polar surface area (TPSA) is 78.6 Å². The number of carbonyl (C=O) groups excluding carboxylic acids is 2. The molecule has 4 aliphatic carbocycles. The molecule has 9 atom stereocenters. The van der Waals surface area contributed by atoms with Crippen LogP contribution in [-0.4, -0.2) is 31.7 Å². The monoisotopic (exact) mass is 461 g/mol. The molecule has 0 aliphatic heterocycles. The van der Waals surface area contributed by atoms with Gasteiger partial charge in [-0.2, -0.15) is 0 Å². The van der Waals surface area contributed by atoms with Crippen molar-refractivity contribution in [2.45, 2.75) is 104 Å². The van der Waals surface area contributed by atoms with Crippen molar-refractivity contribution >= 4 is 11.9 Å². The van der Waals surface area contributed by atoms with E-state index in [9.17, 15) is 9.59 Å². The highest BCUT2D eigenvalue weighted by Gasteiger charge is 2.60. The second-order valence-electron chi connectivity index (χ2n) is 12.4. The summed E-state index contributed by atoms with van der Waals surface area (Å²) in [6, 6.07) is 0. The number of nitrogens with two attached hydrogens (primary N) is 1. The van der Waals surface area contributed by atoms with Crippen molar-refractivity contribution in [1.82, 2.24) is 0 Å². The van der Waals surface area contributed by atoms with E-state index in [4.69, 9.17) is 15.2 Å². The molecular formula is C28H47NO4. The summed E-state index contributed by atoms with van der Waals surface area (Å²) < 4.78 is 10.7. The smallest absolute Gasteiger partial charge is 0.307 e. The van der Waals surface area contributed by atoms with E-state index >= 15 is 0 Å². The Morgan fingerprint density at radius 2 is 1.67 bits per heavy atom. The quantitative estimate of drug-likeness (QED) is 0.507. The normalized spacial score (nSPS) is 43.1. The van der Waals surface area contributed by atoms with E-state index in [1.165, 1.54) is 52.1 Å². The van der Waals surface area contributed by atoms with Crippen LogP contribution < -0.4 is 5.73 Å². The minimum Gasteiger partial charge on any atom is -0.469 e. The molecular weight excluding hydrogens is 414 g/mol. The highest BCUT2D eigenvalue weighted by molar-refractivity contribution is 5.69. The Morgan fingerprint density at radius 3 is 2.39 bits per heavy atom. The molecule has 5 unspecified atom stereocenters. The molecule has 5 nitrogen and oxygen atoms in total. The third-order valence-electron chi connectivity index (χ3n) is 11.1. The van der Waals surface area contributed by atoms with Gasteiger partial charge in [-0.05, 0) is 111 Å². The first-order chi connectivity index (χ1) is 15.7. The first-order valence-corrected chi connectivity index (χ1v) is 13.7. The molecule has 188 valence electrons. The van der Waals surface area contributed by atoms with Gasteiger partial charge in [-0.1, -0.05) is 20.8 Å². The zero-order chi connectivity index (χ0) is 23.8. The highest BCUT2D eigenvalue weighted by atomic mass is 16.5. The maximum absolute atomic E-state index is 12.0. The summed E-state index contributed by atoms with van der Waals surface area (Å²) in [5.41, 5.74) is 6.36. The van der Waals surface area contributed by atoms with Gasteiger partial charge in [-0.3, -0.25) is 9.59 Å². The molecule has 5 heteroatoms. The predicted octanol–water partition coefficient (Wildman–Crippen LogP) is 5.50. The molecule has 0 heterocycles. The Hall–Kier alpha value is -1.10. The lowest BCUT2D eigenvalue weighted by Crippen LogP contribution is -2.54. The molecule has 0 radical (unpaired) electrons. The van der Waals surface area contributed by atoms with Crippen molar-refractivity contribution in [3.05, 3.63) is 0 Å². The van der Waals surface area contributed by atoms with Crippen LogP contribution in [0.1, 0.15) is 97.8 Å². The van der Waals surface area contributed by atoms with Crippen LogP contribution in [0.4, 0.5) is 0 Å². The van der Waals surface area contributed by atoms with Gasteiger partial charge in [-0.15, -0.1) is 0 Å². The molecule has 4 aliphatic rings. The fourth-order valence-corrected chi connectivity index (χ4v) is 9.31. The number of carbonyl (C=O) groups is 2. The highest BCUT2D eigenvalue weighted by Crippen LogP contribution is 2.68. The molecule has 2 N–H and O–H groups in total. The van der Waals surface area contributed by atoms with E-state index in [1.807, 2.05) is 0 Å². The molecule has 0 spiro atoms. The summed E-state index contributed by atoms with van der Waals surface area (Å²) in [5.74, 6) is 4.31. The van der Waals surface area contributed by atoms with Gasteiger partial charge in [0.1, 0.15) is 6.10 Å². The van der Waals surface area contributed by atoms with Gasteiger partial charge in [0.25, 0.3) is 0 Å². The lowest BCUT2D eigenvalue weighted by molar-refractivity contribution is -0.162. The minimum absolute atomic E-state index is 0.0687. The van der Waals surface area contributed by atoms with Crippen LogP contribution in [0, 0.1) is 46.3 Å². The third kappa shape index (κ3) is 4.60. The van der Waals surface area contributed by atoms with E-state index < -0.39 is 0 Å². The molecule has 4 fully saturated rings. The summed E-state index contributed by atoms with van der Waals surface area (Å²) in [6.45, 7) is 7.90. The van der Waals surface area contributed by atoms with Crippen molar-refractivity contribution in [3.63, 3.8) is 0 Å². The lowest BCUT2D eigenvalue weighted by Gasteiger charge is -2.61. The van der Waals surface area contributed by atoms with Crippen molar-refractivity contribution in [2.75, 3.05) is 13.7 Å². The minimum atomic E-state index is -0.119. The molecule has 0 aromatic heterocycles. The van der Waals surface area contributed by atoms with E-state index in [-0.39, 0.29) is 18.0 Å². The van der Waals surface area contributed by atoms with E-state index in [0.29, 0.717) is 42.1 Å². The number of esters is 2. The summed E-state index contributed by atoms with van der Waals surface area (Å²) in [7, 11) is 1.50. The van der Waals surface area contributed by atoms with Gasteiger partial charge < -0.3 is 15.2 Å². The molecule has 0 aromatic carbocycles. The van der Waals surface area contributed by atoms with Gasteiger partial charge in [0.2, 0.25) is 0 Å². The fourth-order valence-electron chi connectivity index (χ4n) is 9.31. The first kappa shape index (κ1) is 25.0. The van der Waals surface area contributed by atoms with Gasteiger partial charge in [0.05, 0.1) is 13.5 Å². The molecule has 0 bridgehead atoms. The zero-order valence-corrected chi connectivity index (χ0v) is 21.4. The van der Waals surface area contributed by atoms with Crippen LogP contribution in [0.3, 0.4) is 0 Å². The number of hydrogen-bond acceptors (Lipinski definition) is 5. The number of ether oxygens (including phenoxy) is 2. The predicted molar refractivity (Wildman–Crippen MR) is 129 cm³/mol. The van der Waals surface area contributed by atoms with E-state index in [2.05, 4.69) is 20.8 Å². The van der Waals surface area contributed by atoms with Crippen LogP contribution in [0.15, 0.2) is 0 Å². The molecule has 0 aromatic rings. The Balaban J connectivity index is 1.41. The zero-order valence-electron chi connectivity index (χ0n) is 21.4. The van der Waals surface area contributed by atoms with Crippen LogP contribution in [0.5, 0.6) is 0 Å². The molecule has 4 saturated carbocycles. The van der Waals surface area contributed by atoms with Crippen molar-refractivity contribution < 1.29 is 19.1 Å². The van der Waals surface area contributed by atoms with Crippen LogP contribution in [0.25, 0.3) is 0 Å². The van der Waals surface area contributed by atoms with Crippen molar-refractivity contribution in [2.24, 2.45) is 52.1 Å². The number of rotatable bonds is 7. The van der Waals surface area contributed by atoms with Crippen molar-refractivity contribution in [3.8, 4) is 0 Å². The average Bonchev–Trinajstić information content (AvgIpc) is 3.15. The number of fused-ring (bicyclic) bond motifs is 5. The first-order valence-electron chi connectivity index (χ1n) is 13.7. The Labute approximate surface area is 200 Å². The summed E-state index contributed by atoms with van der Waals surface area (Å²) in [5, 5.41) is 0. The van der Waals surface area contributed by atoms with Crippen LogP contribution in [-0.2, 0) is 19.1 Å². The summed E-state index contributed by atoms with van der Waals surface area (Å²) >= 11 is 0. The van der Waals surface area contributed by atoms with E-state index in [0.717, 1.165) is 42.9 Å². The molecule has 0 amide bonds. The molecule has 0 saturated heterocycles. The van der Waals surface area contributed by atoms with Crippen LogP contribution in [0.2, 0.25) is 0 Å². The SMILES string of the molecule is COC(=O)CC[C@@H](C)C1CCC2C3CCC4C[C@H](OC(=O)CCN)CC[C@]4(C)C3CC[C@@]21C. The Kier molecular flexibility index (Phi) is 7.48. The van der Waals surface area contributed by atoms with Crippen LogP contribution >= 0.6 is 0 Å². The molecule has 4 rings (SSSR count). The lowest BCUT2D eigenvalue weighted by atomic mass is 9.44. The third-order valence-corrected chi connectivity index (χ3v) is 11.1. The number of methoxy groups -OCH3 is 1. The summed E-state index contributed by atoms with van der Waals surface area (Å²) in [4.78, 5) is 23.7. The van der Waals surface area contributed by atoms with Gasteiger partial charge in [0.15, 0.2) is 0 Å². The van der Waals surface area contributed by atoms with Gasteiger partial charge >= 0.3 is 11.9 Å².